The van der Waals surface area contributed by atoms with Crippen molar-refractivity contribution in [3.8, 4) is 0 Å². The first-order valence-electron chi connectivity index (χ1n) is 8.79. The fourth-order valence-corrected chi connectivity index (χ4v) is 3.30. The number of ether oxygens (including phenoxy) is 4. The van der Waals surface area contributed by atoms with Gasteiger partial charge in [-0.05, 0) is 19.8 Å². The van der Waals surface area contributed by atoms with Gasteiger partial charge in [-0.15, -0.1) is 0 Å². The highest BCUT2D eigenvalue weighted by atomic mass is 16.8. The summed E-state index contributed by atoms with van der Waals surface area (Å²) in [5, 5.41) is 2.62. The first kappa shape index (κ1) is 18.8. The fraction of sp³-hybridized carbons (Fsp3) is 0.765. The second kappa shape index (κ2) is 6.62. The SMILES string of the molecule is COC1=C2OC(C)(C)OC2C(CNC(=O)C(=O)N2CCC(C)(N)CC2)O1. The lowest BCUT2D eigenvalue weighted by molar-refractivity contribution is -0.162. The van der Waals surface area contributed by atoms with Crippen LogP contribution in [0.1, 0.15) is 33.6 Å². The van der Waals surface area contributed by atoms with Crippen LogP contribution in [0.5, 0.6) is 0 Å². The van der Waals surface area contributed by atoms with E-state index in [1.165, 1.54) is 12.0 Å². The Morgan fingerprint density at radius 3 is 2.58 bits per heavy atom. The third-order valence-electron chi connectivity index (χ3n) is 4.86. The molecule has 2 atom stereocenters. The molecule has 2 amide bonds. The molecule has 0 radical (unpaired) electrons. The number of carbonyl (C=O) groups is 2. The van der Waals surface area contributed by atoms with E-state index in [9.17, 15) is 9.59 Å². The lowest BCUT2D eigenvalue weighted by Crippen LogP contribution is -2.53. The van der Waals surface area contributed by atoms with Crippen molar-refractivity contribution in [3.05, 3.63) is 11.7 Å². The number of rotatable bonds is 3. The molecule has 0 bridgehead atoms. The highest BCUT2D eigenvalue weighted by molar-refractivity contribution is 6.35. The van der Waals surface area contributed by atoms with E-state index in [4.69, 9.17) is 24.7 Å². The number of amides is 2. The summed E-state index contributed by atoms with van der Waals surface area (Å²) < 4.78 is 22.3. The highest BCUT2D eigenvalue weighted by Gasteiger charge is 2.51. The minimum Gasteiger partial charge on any atom is -0.466 e. The Kier molecular flexibility index (Phi) is 4.78. The maximum Gasteiger partial charge on any atom is 0.322 e. The molecule has 9 nitrogen and oxygen atoms in total. The van der Waals surface area contributed by atoms with E-state index >= 15 is 0 Å². The van der Waals surface area contributed by atoms with Gasteiger partial charge in [0.05, 0.1) is 13.7 Å². The van der Waals surface area contributed by atoms with E-state index in [-0.39, 0.29) is 18.0 Å². The Balaban J connectivity index is 1.53. The van der Waals surface area contributed by atoms with Gasteiger partial charge in [-0.2, -0.15) is 0 Å². The molecule has 26 heavy (non-hydrogen) atoms. The molecule has 3 rings (SSSR count). The zero-order valence-electron chi connectivity index (χ0n) is 15.7. The van der Waals surface area contributed by atoms with Crippen LogP contribution in [0.3, 0.4) is 0 Å². The number of nitrogens with zero attached hydrogens (tertiary/aromatic N) is 1. The number of likely N-dealkylation sites (tertiary alicyclic amines) is 1. The van der Waals surface area contributed by atoms with Gasteiger partial charge in [0.2, 0.25) is 11.5 Å². The van der Waals surface area contributed by atoms with Crippen molar-refractivity contribution in [1.29, 1.82) is 0 Å². The Hall–Kier alpha value is -2.00. The molecule has 3 aliphatic rings. The summed E-state index contributed by atoms with van der Waals surface area (Å²) in [6, 6.07) is 0. The number of hydrogen-bond donors (Lipinski definition) is 2. The van der Waals surface area contributed by atoms with Gasteiger partial charge in [-0.3, -0.25) is 9.59 Å². The summed E-state index contributed by atoms with van der Waals surface area (Å²) in [4.78, 5) is 26.1. The summed E-state index contributed by atoms with van der Waals surface area (Å²) in [6.07, 6.45) is 0.338. The third-order valence-corrected chi connectivity index (χ3v) is 4.86. The van der Waals surface area contributed by atoms with Crippen molar-refractivity contribution in [1.82, 2.24) is 10.2 Å². The van der Waals surface area contributed by atoms with Crippen LogP contribution in [-0.4, -0.2) is 67.0 Å². The lowest BCUT2D eigenvalue weighted by Gasteiger charge is -2.36. The molecule has 3 N–H and O–H groups in total. The minimum absolute atomic E-state index is 0.105. The highest BCUT2D eigenvalue weighted by Crippen LogP contribution is 2.40. The monoisotopic (exact) mass is 369 g/mol. The van der Waals surface area contributed by atoms with Crippen LogP contribution in [0.4, 0.5) is 0 Å². The van der Waals surface area contributed by atoms with E-state index in [1.54, 1.807) is 13.8 Å². The topological polar surface area (TPSA) is 112 Å². The van der Waals surface area contributed by atoms with Gasteiger partial charge in [0, 0.05) is 32.5 Å². The Bertz CT molecular complexity index is 620. The molecular weight excluding hydrogens is 342 g/mol. The predicted molar refractivity (Wildman–Crippen MR) is 90.4 cm³/mol. The molecular formula is C17H27N3O6. The molecule has 3 heterocycles. The second-order valence-corrected chi connectivity index (χ2v) is 7.71. The van der Waals surface area contributed by atoms with Crippen molar-refractivity contribution < 1.29 is 28.5 Å². The fourth-order valence-electron chi connectivity index (χ4n) is 3.30. The van der Waals surface area contributed by atoms with E-state index in [1.807, 2.05) is 6.92 Å². The first-order chi connectivity index (χ1) is 12.1. The summed E-state index contributed by atoms with van der Waals surface area (Å²) in [5.41, 5.74) is 5.78. The lowest BCUT2D eigenvalue weighted by atomic mass is 9.91. The third kappa shape index (κ3) is 3.73. The summed E-state index contributed by atoms with van der Waals surface area (Å²) >= 11 is 0. The number of hydrogen-bond acceptors (Lipinski definition) is 7. The van der Waals surface area contributed by atoms with Gasteiger partial charge in [0.25, 0.3) is 0 Å². The van der Waals surface area contributed by atoms with Crippen LogP contribution >= 0.6 is 0 Å². The van der Waals surface area contributed by atoms with Crippen molar-refractivity contribution >= 4 is 11.8 Å². The zero-order chi connectivity index (χ0) is 19.1. The smallest absolute Gasteiger partial charge is 0.322 e. The molecule has 2 saturated heterocycles. The average molecular weight is 369 g/mol. The normalized spacial score (nSPS) is 28.9. The molecule has 2 unspecified atom stereocenters. The van der Waals surface area contributed by atoms with Gasteiger partial charge in [-0.1, -0.05) is 0 Å². The van der Waals surface area contributed by atoms with Crippen LogP contribution < -0.4 is 11.1 Å². The van der Waals surface area contributed by atoms with Gasteiger partial charge in [0.15, 0.2) is 12.2 Å². The molecule has 0 spiro atoms. The maximum atomic E-state index is 12.3. The number of nitrogens with two attached hydrogens (primary N) is 1. The second-order valence-electron chi connectivity index (χ2n) is 7.71. The Labute approximate surface area is 152 Å². The summed E-state index contributed by atoms with van der Waals surface area (Å²) in [6.45, 7) is 6.58. The van der Waals surface area contributed by atoms with Crippen molar-refractivity contribution in [2.24, 2.45) is 5.73 Å². The molecule has 3 aliphatic heterocycles. The zero-order valence-corrected chi connectivity index (χ0v) is 15.7. The molecule has 0 saturated carbocycles. The Morgan fingerprint density at radius 2 is 1.96 bits per heavy atom. The molecule has 9 heteroatoms. The van der Waals surface area contributed by atoms with Crippen LogP contribution in [0.2, 0.25) is 0 Å². The van der Waals surface area contributed by atoms with Gasteiger partial charge < -0.3 is 34.9 Å². The van der Waals surface area contributed by atoms with E-state index in [0.29, 0.717) is 31.7 Å². The van der Waals surface area contributed by atoms with E-state index in [0.717, 1.165) is 0 Å². The first-order valence-corrected chi connectivity index (χ1v) is 8.79. The molecule has 2 fully saturated rings. The average Bonchev–Trinajstić information content (AvgIpc) is 3.05. The van der Waals surface area contributed by atoms with Crippen LogP contribution in [0.15, 0.2) is 11.7 Å². The summed E-state index contributed by atoms with van der Waals surface area (Å²) in [5.74, 6) is -1.30. The largest absolute Gasteiger partial charge is 0.466 e. The molecule has 0 aliphatic carbocycles. The number of fused-ring (bicyclic) bond motifs is 1. The molecule has 146 valence electrons. The van der Waals surface area contributed by atoms with Crippen molar-refractivity contribution in [2.45, 2.75) is 57.1 Å². The maximum absolute atomic E-state index is 12.3. The number of nitrogens with one attached hydrogen (secondary N) is 1. The van der Waals surface area contributed by atoms with Gasteiger partial charge in [-0.25, -0.2) is 0 Å². The molecule has 0 aromatic rings. The van der Waals surface area contributed by atoms with E-state index in [2.05, 4.69) is 5.32 Å². The summed E-state index contributed by atoms with van der Waals surface area (Å²) in [7, 11) is 1.47. The van der Waals surface area contributed by atoms with E-state index < -0.39 is 29.8 Å². The predicted octanol–water partition coefficient (Wildman–Crippen LogP) is -0.192. The van der Waals surface area contributed by atoms with Crippen LogP contribution in [0.25, 0.3) is 0 Å². The quantitative estimate of drug-likeness (QED) is 0.663. The number of methoxy groups -OCH3 is 1. The molecule has 0 aromatic heterocycles. The van der Waals surface area contributed by atoms with Crippen LogP contribution in [0, 0.1) is 0 Å². The standard InChI is InChI=1S/C17H27N3O6/c1-16(2)25-11-10(24-15(23-4)12(11)26-16)9-19-13(21)14(22)20-7-5-17(3,18)6-8-20/h10-11H,5-9,18H2,1-4H3,(H,19,21). The minimum atomic E-state index is -0.797. The van der Waals surface area contributed by atoms with Crippen molar-refractivity contribution in [3.63, 3.8) is 0 Å². The van der Waals surface area contributed by atoms with Gasteiger partial charge >= 0.3 is 17.8 Å². The molecule has 0 aromatic carbocycles. The number of piperidine rings is 1. The van der Waals surface area contributed by atoms with Crippen molar-refractivity contribution in [2.75, 3.05) is 26.7 Å². The Morgan fingerprint density at radius 1 is 1.31 bits per heavy atom. The number of carbonyl (C=O) groups excluding carboxylic acids is 2. The van der Waals surface area contributed by atoms with Gasteiger partial charge in [0.1, 0.15) is 0 Å². The van der Waals surface area contributed by atoms with Crippen LogP contribution in [-0.2, 0) is 28.5 Å².